The lowest BCUT2D eigenvalue weighted by molar-refractivity contribution is -0.122. The zero-order chi connectivity index (χ0) is 9.42. The summed E-state index contributed by atoms with van der Waals surface area (Å²) in [7, 11) is 0. The van der Waals surface area contributed by atoms with Crippen molar-refractivity contribution in [3.8, 4) is 0 Å². The molecule has 0 aromatic rings. The van der Waals surface area contributed by atoms with Crippen molar-refractivity contribution in [3.05, 3.63) is 0 Å². The minimum Gasteiger partial charge on any atom is -0.312 e. The van der Waals surface area contributed by atoms with E-state index in [4.69, 9.17) is 0 Å². The molecule has 0 radical (unpaired) electrons. The zero-order valence-corrected chi connectivity index (χ0v) is 7.75. The van der Waals surface area contributed by atoms with E-state index in [1.54, 1.807) is 4.90 Å². The van der Waals surface area contributed by atoms with Crippen LogP contribution in [0, 0.1) is 5.92 Å². The van der Waals surface area contributed by atoms with Gasteiger partial charge in [0.1, 0.15) is 6.04 Å². The molecule has 0 bridgehead atoms. The molecule has 0 spiro atoms. The lowest BCUT2D eigenvalue weighted by Gasteiger charge is -2.32. The Morgan fingerprint density at radius 2 is 2.23 bits per heavy atom. The summed E-state index contributed by atoms with van der Waals surface area (Å²) in [4.78, 5) is 24.2. The number of rotatable bonds is 1. The van der Waals surface area contributed by atoms with Gasteiger partial charge in [-0.2, -0.15) is 0 Å². The lowest BCUT2D eigenvalue weighted by Crippen LogP contribution is -2.42. The van der Waals surface area contributed by atoms with Gasteiger partial charge in [-0.05, 0) is 18.8 Å². The summed E-state index contributed by atoms with van der Waals surface area (Å²) >= 11 is 0. The summed E-state index contributed by atoms with van der Waals surface area (Å²) in [5.74, 6) is 0.465. The number of hydrogen-bond acceptors (Lipinski definition) is 2. The van der Waals surface area contributed by atoms with Gasteiger partial charge in [0.2, 0.25) is 0 Å². The number of fused-ring (bicyclic) bond motifs is 1. The number of carbonyl (C=O) groups is 2. The van der Waals surface area contributed by atoms with Crippen molar-refractivity contribution in [2.45, 2.75) is 32.2 Å². The zero-order valence-electron chi connectivity index (χ0n) is 7.75. The maximum atomic E-state index is 11.3. The van der Waals surface area contributed by atoms with Crippen molar-refractivity contribution < 1.29 is 9.59 Å². The largest absolute Gasteiger partial charge is 0.324 e. The van der Waals surface area contributed by atoms with Gasteiger partial charge in [0, 0.05) is 6.54 Å². The average molecular weight is 182 g/mol. The number of nitrogens with zero attached hydrogens (tertiary/aromatic N) is 1. The van der Waals surface area contributed by atoms with Crippen LogP contribution >= 0.6 is 0 Å². The minimum absolute atomic E-state index is 0.112. The van der Waals surface area contributed by atoms with E-state index in [-0.39, 0.29) is 18.0 Å². The van der Waals surface area contributed by atoms with Crippen LogP contribution in [0.15, 0.2) is 0 Å². The predicted octanol–water partition coefficient (Wildman–Crippen LogP) is 0.727. The van der Waals surface area contributed by atoms with Crippen LogP contribution < -0.4 is 5.32 Å². The fourth-order valence-electron chi connectivity index (χ4n) is 2.14. The fraction of sp³-hybridized carbons (Fsp3) is 0.778. The molecule has 2 atom stereocenters. The van der Waals surface area contributed by atoms with Crippen LogP contribution in [0.2, 0.25) is 0 Å². The molecule has 2 fully saturated rings. The van der Waals surface area contributed by atoms with Crippen molar-refractivity contribution in [2.75, 3.05) is 6.54 Å². The van der Waals surface area contributed by atoms with E-state index in [2.05, 4.69) is 12.2 Å². The monoisotopic (exact) mass is 182 g/mol. The molecule has 2 saturated heterocycles. The van der Waals surface area contributed by atoms with Gasteiger partial charge in [0.25, 0.3) is 5.91 Å². The van der Waals surface area contributed by atoms with Crippen LogP contribution in [0.5, 0.6) is 0 Å². The van der Waals surface area contributed by atoms with Gasteiger partial charge >= 0.3 is 6.03 Å². The molecule has 3 amide bonds. The van der Waals surface area contributed by atoms with Crippen molar-refractivity contribution >= 4 is 11.9 Å². The summed E-state index contributed by atoms with van der Waals surface area (Å²) in [6.45, 7) is 2.87. The third kappa shape index (κ3) is 1.30. The van der Waals surface area contributed by atoms with E-state index in [9.17, 15) is 9.59 Å². The first kappa shape index (κ1) is 8.53. The summed E-state index contributed by atoms with van der Waals surface area (Å²) in [5.41, 5.74) is 0. The van der Waals surface area contributed by atoms with Gasteiger partial charge in [-0.3, -0.25) is 10.1 Å². The Morgan fingerprint density at radius 1 is 1.46 bits per heavy atom. The molecule has 0 saturated carbocycles. The van der Waals surface area contributed by atoms with Gasteiger partial charge in [-0.1, -0.05) is 13.3 Å². The summed E-state index contributed by atoms with van der Waals surface area (Å²) in [5, 5.41) is 2.35. The summed E-state index contributed by atoms with van der Waals surface area (Å²) in [6.07, 6.45) is 2.99. The molecule has 72 valence electrons. The highest BCUT2D eigenvalue weighted by molar-refractivity contribution is 6.04. The van der Waals surface area contributed by atoms with Crippen LogP contribution in [0.25, 0.3) is 0 Å². The van der Waals surface area contributed by atoms with Gasteiger partial charge in [0.05, 0.1) is 0 Å². The lowest BCUT2D eigenvalue weighted by atomic mass is 9.92. The second kappa shape index (κ2) is 3.01. The molecule has 4 heteroatoms. The second-order valence-corrected chi connectivity index (χ2v) is 3.81. The Labute approximate surface area is 77.3 Å². The maximum Gasteiger partial charge on any atom is 0.324 e. The molecule has 2 aliphatic heterocycles. The predicted molar refractivity (Wildman–Crippen MR) is 47.0 cm³/mol. The summed E-state index contributed by atoms with van der Waals surface area (Å²) in [6, 6.07) is -0.372. The highest BCUT2D eigenvalue weighted by Crippen LogP contribution is 2.26. The average Bonchev–Trinajstić information content (AvgIpc) is 2.42. The van der Waals surface area contributed by atoms with E-state index in [1.165, 1.54) is 0 Å². The second-order valence-electron chi connectivity index (χ2n) is 3.81. The van der Waals surface area contributed by atoms with Crippen molar-refractivity contribution in [3.63, 3.8) is 0 Å². The number of nitrogens with one attached hydrogen (secondary N) is 1. The Hall–Kier alpha value is -1.06. The number of amides is 3. The van der Waals surface area contributed by atoms with E-state index < -0.39 is 0 Å². The maximum absolute atomic E-state index is 11.3. The third-order valence-corrected chi connectivity index (χ3v) is 3.05. The standard InChI is InChI=1S/C9H14N2O2/c1-2-6-3-4-7-8(12)10-9(13)11(7)5-6/h6-7H,2-5H2,1H3,(H,10,12,13)/t6-,7?/m0/s1. The van der Waals surface area contributed by atoms with Crippen molar-refractivity contribution in [1.29, 1.82) is 0 Å². The molecule has 0 aromatic heterocycles. The Balaban J connectivity index is 2.10. The molecule has 13 heavy (non-hydrogen) atoms. The van der Waals surface area contributed by atoms with Gasteiger partial charge in [0.15, 0.2) is 0 Å². The van der Waals surface area contributed by atoms with Gasteiger partial charge in [-0.15, -0.1) is 0 Å². The van der Waals surface area contributed by atoms with Crippen molar-refractivity contribution in [2.24, 2.45) is 5.92 Å². The van der Waals surface area contributed by atoms with Crippen LogP contribution in [0.1, 0.15) is 26.2 Å². The van der Waals surface area contributed by atoms with E-state index in [1.807, 2.05) is 0 Å². The van der Waals surface area contributed by atoms with Crippen LogP contribution in [0.4, 0.5) is 4.79 Å². The molecule has 2 heterocycles. The van der Waals surface area contributed by atoms with Gasteiger partial charge in [-0.25, -0.2) is 4.79 Å². The Bertz CT molecular complexity index is 252. The molecule has 0 aliphatic carbocycles. The fourth-order valence-corrected chi connectivity index (χ4v) is 2.14. The number of piperidine rings is 1. The molecule has 1 N–H and O–H groups in total. The molecular formula is C9H14N2O2. The molecule has 2 aliphatic rings. The van der Waals surface area contributed by atoms with Crippen molar-refractivity contribution in [1.82, 2.24) is 10.2 Å². The minimum atomic E-state index is -0.201. The smallest absolute Gasteiger partial charge is 0.312 e. The highest BCUT2D eigenvalue weighted by atomic mass is 16.2. The molecule has 4 nitrogen and oxygen atoms in total. The normalized spacial score (nSPS) is 33.2. The van der Waals surface area contributed by atoms with Crippen LogP contribution in [-0.2, 0) is 4.79 Å². The van der Waals surface area contributed by atoms with E-state index in [0.29, 0.717) is 5.92 Å². The molecular weight excluding hydrogens is 168 g/mol. The topological polar surface area (TPSA) is 49.4 Å². The number of urea groups is 1. The first-order valence-corrected chi connectivity index (χ1v) is 4.84. The van der Waals surface area contributed by atoms with E-state index in [0.717, 1.165) is 25.8 Å². The highest BCUT2D eigenvalue weighted by Gasteiger charge is 2.41. The van der Waals surface area contributed by atoms with E-state index >= 15 is 0 Å². The first-order chi connectivity index (χ1) is 6.22. The quantitative estimate of drug-likeness (QED) is 0.608. The Kier molecular flexibility index (Phi) is 1.98. The first-order valence-electron chi connectivity index (χ1n) is 4.84. The number of carbonyl (C=O) groups excluding carboxylic acids is 2. The molecule has 0 aromatic carbocycles. The SMILES string of the molecule is CC[C@H]1CCC2C(=O)NC(=O)N2C1. The summed E-state index contributed by atoms with van der Waals surface area (Å²) < 4.78 is 0. The third-order valence-electron chi connectivity index (χ3n) is 3.05. The number of hydrogen-bond donors (Lipinski definition) is 1. The Morgan fingerprint density at radius 3 is 2.92 bits per heavy atom. The molecule has 2 rings (SSSR count). The number of imide groups is 1. The molecule has 1 unspecified atom stereocenters. The van der Waals surface area contributed by atoms with Crippen LogP contribution in [0.3, 0.4) is 0 Å². The van der Waals surface area contributed by atoms with Gasteiger partial charge < -0.3 is 4.90 Å². The van der Waals surface area contributed by atoms with Crippen LogP contribution in [-0.4, -0.2) is 29.4 Å².